The van der Waals surface area contributed by atoms with Crippen LogP contribution in [0.2, 0.25) is 0 Å². The van der Waals surface area contributed by atoms with E-state index in [2.05, 4.69) is 11.9 Å². The van der Waals surface area contributed by atoms with Crippen LogP contribution in [-0.4, -0.2) is 57.5 Å². The highest BCUT2D eigenvalue weighted by atomic mass is 16.5. The standard InChI is InChI=1S/C12H26N2O2/c1-14(9-11(13)10-15-2)7-3-5-12-6-4-8-16-12/h11-12H,3-10,13H2,1-2H3. The largest absolute Gasteiger partial charge is 0.383 e. The Hall–Kier alpha value is -0.160. The number of nitrogens with zero attached hydrogens (tertiary/aromatic N) is 1. The second-order valence-electron chi connectivity index (χ2n) is 4.75. The molecule has 16 heavy (non-hydrogen) atoms. The van der Waals surface area contributed by atoms with Crippen LogP contribution in [0.5, 0.6) is 0 Å². The molecule has 1 heterocycles. The van der Waals surface area contributed by atoms with Gasteiger partial charge in [0.05, 0.1) is 12.7 Å². The van der Waals surface area contributed by atoms with Crippen LogP contribution in [-0.2, 0) is 9.47 Å². The van der Waals surface area contributed by atoms with Gasteiger partial charge in [0.25, 0.3) is 0 Å². The van der Waals surface area contributed by atoms with Gasteiger partial charge in [-0.05, 0) is 39.3 Å². The van der Waals surface area contributed by atoms with Crippen molar-refractivity contribution in [3.05, 3.63) is 0 Å². The molecule has 4 nitrogen and oxygen atoms in total. The Morgan fingerprint density at radius 2 is 2.38 bits per heavy atom. The third kappa shape index (κ3) is 5.80. The maximum Gasteiger partial charge on any atom is 0.0626 e. The van der Waals surface area contributed by atoms with Crippen LogP contribution in [0.4, 0.5) is 0 Å². The predicted octanol–water partition coefficient (Wildman–Crippen LogP) is 0.851. The number of nitrogens with two attached hydrogens (primary N) is 1. The Morgan fingerprint density at radius 3 is 3.00 bits per heavy atom. The Kier molecular flexibility index (Phi) is 6.96. The number of rotatable bonds is 8. The van der Waals surface area contributed by atoms with E-state index in [1.54, 1.807) is 7.11 Å². The van der Waals surface area contributed by atoms with Crippen LogP contribution in [0.25, 0.3) is 0 Å². The van der Waals surface area contributed by atoms with Gasteiger partial charge in [-0.1, -0.05) is 0 Å². The maximum atomic E-state index is 5.89. The van der Waals surface area contributed by atoms with Gasteiger partial charge in [-0.25, -0.2) is 0 Å². The van der Waals surface area contributed by atoms with Crippen molar-refractivity contribution >= 4 is 0 Å². The van der Waals surface area contributed by atoms with Crippen molar-refractivity contribution in [2.24, 2.45) is 5.73 Å². The first-order valence-electron chi connectivity index (χ1n) is 6.27. The minimum absolute atomic E-state index is 0.123. The first kappa shape index (κ1) is 13.9. The van der Waals surface area contributed by atoms with Crippen molar-refractivity contribution in [2.75, 3.05) is 40.5 Å². The first-order chi connectivity index (χ1) is 7.72. The average molecular weight is 230 g/mol. The van der Waals surface area contributed by atoms with Crippen LogP contribution in [0, 0.1) is 0 Å². The molecule has 1 aliphatic heterocycles. The number of methoxy groups -OCH3 is 1. The fourth-order valence-corrected chi connectivity index (χ4v) is 2.22. The van der Waals surface area contributed by atoms with Crippen molar-refractivity contribution in [2.45, 2.75) is 37.8 Å². The average Bonchev–Trinajstić information content (AvgIpc) is 2.70. The summed E-state index contributed by atoms with van der Waals surface area (Å²) in [5, 5.41) is 0. The molecule has 1 fully saturated rings. The Morgan fingerprint density at radius 1 is 1.56 bits per heavy atom. The quantitative estimate of drug-likeness (QED) is 0.671. The molecular weight excluding hydrogens is 204 g/mol. The fraction of sp³-hybridized carbons (Fsp3) is 1.00. The Bertz CT molecular complexity index is 172. The van der Waals surface area contributed by atoms with E-state index < -0.39 is 0 Å². The lowest BCUT2D eigenvalue weighted by atomic mass is 10.1. The molecule has 0 bridgehead atoms. The fourth-order valence-electron chi connectivity index (χ4n) is 2.22. The third-order valence-electron chi connectivity index (χ3n) is 3.02. The molecule has 1 aliphatic rings. The van der Waals surface area contributed by atoms with Crippen molar-refractivity contribution < 1.29 is 9.47 Å². The second kappa shape index (κ2) is 8.01. The summed E-state index contributed by atoms with van der Waals surface area (Å²) in [4.78, 5) is 2.28. The molecule has 0 aliphatic carbocycles. The van der Waals surface area contributed by atoms with Crippen LogP contribution in [0.15, 0.2) is 0 Å². The predicted molar refractivity (Wildman–Crippen MR) is 65.6 cm³/mol. The number of hydrogen-bond acceptors (Lipinski definition) is 4. The van der Waals surface area contributed by atoms with Crippen molar-refractivity contribution in [1.29, 1.82) is 0 Å². The lowest BCUT2D eigenvalue weighted by molar-refractivity contribution is 0.0987. The van der Waals surface area contributed by atoms with Gasteiger partial charge in [0.1, 0.15) is 0 Å². The number of likely N-dealkylation sites (N-methyl/N-ethyl adjacent to an activating group) is 1. The topological polar surface area (TPSA) is 47.7 Å². The van der Waals surface area contributed by atoms with Gasteiger partial charge in [-0.15, -0.1) is 0 Å². The minimum Gasteiger partial charge on any atom is -0.383 e. The van der Waals surface area contributed by atoms with E-state index in [9.17, 15) is 0 Å². The molecule has 2 unspecified atom stereocenters. The monoisotopic (exact) mass is 230 g/mol. The van der Waals surface area contributed by atoms with Crippen molar-refractivity contribution in [3.8, 4) is 0 Å². The van der Waals surface area contributed by atoms with Crippen molar-refractivity contribution in [1.82, 2.24) is 4.90 Å². The first-order valence-corrected chi connectivity index (χ1v) is 6.27. The maximum absolute atomic E-state index is 5.89. The van der Waals surface area contributed by atoms with Gasteiger partial charge in [0, 0.05) is 26.3 Å². The summed E-state index contributed by atoms with van der Waals surface area (Å²) in [5.41, 5.74) is 5.89. The molecule has 0 saturated carbocycles. The highest BCUT2D eigenvalue weighted by Crippen LogP contribution is 2.16. The molecule has 0 spiro atoms. The number of ether oxygens (including phenoxy) is 2. The van der Waals surface area contributed by atoms with Crippen LogP contribution in [0.3, 0.4) is 0 Å². The lowest BCUT2D eigenvalue weighted by Crippen LogP contribution is -2.38. The normalized spacial score (nSPS) is 22.9. The summed E-state index contributed by atoms with van der Waals surface area (Å²) in [6, 6.07) is 0.123. The Labute approximate surface area is 99.1 Å². The molecule has 1 saturated heterocycles. The van der Waals surface area contributed by atoms with Crippen molar-refractivity contribution in [3.63, 3.8) is 0 Å². The molecule has 96 valence electrons. The van der Waals surface area contributed by atoms with Gasteiger partial charge in [0.15, 0.2) is 0 Å². The SMILES string of the molecule is COCC(N)CN(C)CCCC1CCCO1. The molecular formula is C12H26N2O2. The summed E-state index contributed by atoms with van der Waals surface area (Å²) in [7, 11) is 3.81. The summed E-state index contributed by atoms with van der Waals surface area (Å²) >= 11 is 0. The van der Waals surface area contributed by atoms with Crippen LogP contribution < -0.4 is 5.73 Å². The molecule has 1 rings (SSSR count). The van der Waals surface area contributed by atoms with Gasteiger partial charge in [-0.3, -0.25) is 0 Å². The molecule has 2 atom stereocenters. The zero-order valence-corrected chi connectivity index (χ0v) is 10.7. The molecule has 0 aromatic carbocycles. The van der Waals surface area contributed by atoms with Gasteiger partial charge >= 0.3 is 0 Å². The summed E-state index contributed by atoms with van der Waals surface area (Å²) in [6.07, 6.45) is 5.37. The van der Waals surface area contributed by atoms with E-state index in [0.717, 1.165) is 19.7 Å². The third-order valence-corrected chi connectivity index (χ3v) is 3.02. The van der Waals surface area contributed by atoms with E-state index in [1.165, 1.54) is 25.7 Å². The van der Waals surface area contributed by atoms with E-state index in [1.807, 2.05) is 0 Å². The molecule has 0 radical (unpaired) electrons. The van der Waals surface area contributed by atoms with Gasteiger partial charge < -0.3 is 20.1 Å². The zero-order chi connectivity index (χ0) is 11.8. The lowest BCUT2D eigenvalue weighted by Gasteiger charge is -2.21. The van der Waals surface area contributed by atoms with E-state index in [-0.39, 0.29) is 6.04 Å². The van der Waals surface area contributed by atoms with Crippen LogP contribution in [0.1, 0.15) is 25.7 Å². The van der Waals surface area contributed by atoms with E-state index in [0.29, 0.717) is 12.7 Å². The smallest absolute Gasteiger partial charge is 0.0626 e. The minimum atomic E-state index is 0.123. The second-order valence-corrected chi connectivity index (χ2v) is 4.75. The Balaban J connectivity index is 1.98. The van der Waals surface area contributed by atoms with Crippen LogP contribution >= 0.6 is 0 Å². The molecule has 0 aromatic heterocycles. The zero-order valence-electron chi connectivity index (χ0n) is 10.7. The molecule has 2 N–H and O–H groups in total. The van der Waals surface area contributed by atoms with Gasteiger partial charge in [0.2, 0.25) is 0 Å². The van der Waals surface area contributed by atoms with Gasteiger partial charge in [-0.2, -0.15) is 0 Å². The summed E-state index contributed by atoms with van der Waals surface area (Å²) in [5.74, 6) is 0. The highest BCUT2D eigenvalue weighted by Gasteiger charge is 2.15. The molecule has 4 heteroatoms. The van der Waals surface area contributed by atoms with E-state index in [4.69, 9.17) is 15.2 Å². The number of hydrogen-bond donors (Lipinski definition) is 1. The summed E-state index contributed by atoms with van der Waals surface area (Å²) < 4.78 is 10.6. The highest BCUT2D eigenvalue weighted by molar-refractivity contribution is 4.68. The molecule has 0 aromatic rings. The molecule has 0 amide bonds. The van der Waals surface area contributed by atoms with E-state index >= 15 is 0 Å². The summed E-state index contributed by atoms with van der Waals surface area (Å²) in [6.45, 7) is 3.59.